The molecule has 2 nitrogen and oxygen atoms in total. The number of rotatable bonds is 2. The fraction of sp³-hybridized carbons (Fsp3) is 0.571. The first-order chi connectivity index (χ1) is 8.38. The number of hydrogen-bond acceptors (Lipinski definition) is 3. The molecule has 92 valence electrons. The van der Waals surface area contributed by atoms with Gasteiger partial charge in [0.1, 0.15) is 0 Å². The first-order valence-electron chi connectivity index (χ1n) is 6.38. The lowest BCUT2D eigenvalue weighted by atomic mass is 10.2. The van der Waals surface area contributed by atoms with Crippen LogP contribution in [-0.4, -0.2) is 24.5 Å². The van der Waals surface area contributed by atoms with Crippen molar-refractivity contribution < 1.29 is 0 Å². The quantitative estimate of drug-likeness (QED) is 0.815. The third-order valence-electron chi connectivity index (χ3n) is 3.05. The SMILES string of the molecule is NCC#Cc1ccc(CN2CCCCCC2)s1. The van der Waals surface area contributed by atoms with Crippen LogP contribution in [0.25, 0.3) is 0 Å². The van der Waals surface area contributed by atoms with Crippen molar-refractivity contribution in [3.05, 3.63) is 21.9 Å². The Morgan fingerprint density at radius 2 is 1.94 bits per heavy atom. The molecule has 0 unspecified atom stereocenters. The predicted octanol–water partition coefficient (Wildman–Crippen LogP) is 2.43. The summed E-state index contributed by atoms with van der Waals surface area (Å²) in [5, 5.41) is 0. The molecule has 1 aromatic heterocycles. The molecule has 0 bridgehead atoms. The summed E-state index contributed by atoms with van der Waals surface area (Å²) in [7, 11) is 0. The largest absolute Gasteiger partial charge is 0.320 e. The molecule has 0 aliphatic carbocycles. The third-order valence-corrected chi connectivity index (χ3v) is 4.04. The van der Waals surface area contributed by atoms with Gasteiger partial charge in [0.05, 0.1) is 11.4 Å². The Balaban J connectivity index is 1.91. The average Bonchev–Trinajstić information content (AvgIpc) is 2.61. The second kappa shape index (κ2) is 6.80. The van der Waals surface area contributed by atoms with Crippen LogP contribution in [0.15, 0.2) is 12.1 Å². The van der Waals surface area contributed by atoms with Crippen molar-refractivity contribution >= 4 is 11.3 Å². The highest BCUT2D eigenvalue weighted by Gasteiger charge is 2.10. The molecule has 17 heavy (non-hydrogen) atoms. The van der Waals surface area contributed by atoms with Gasteiger partial charge in [0.25, 0.3) is 0 Å². The second-order valence-corrected chi connectivity index (χ2v) is 5.63. The van der Waals surface area contributed by atoms with Gasteiger partial charge in [-0.2, -0.15) is 0 Å². The molecule has 1 aliphatic rings. The zero-order chi connectivity index (χ0) is 11.9. The number of nitrogens with zero attached hydrogens (tertiary/aromatic N) is 1. The maximum absolute atomic E-state index is 5.37. The lowest BCUT2D eigenvalue weighted by Crippen LogP contribution is -2.23. The molecule has 2 rings (SSSR count). The van der Waals surface area contributed by atoms with Crippen LogP contribution in [-0.2, 0) is 6.54 Å². The molecule has 0 amide bonds. The van der Waals surface area contributed by atoms with Crippen LogP contribution in [0.3, 0.4) is 0 Å². The van der Waals surface area contributed by atoms with E-state index in [0.29, 0.717) is 6.54 Å². The molecule has 1 saturated heterocycles. The second-order valence-electron chi connectivity index (χ2n) is 4.46. The van der Waals surface area contributed by atoms with Crippen LogP contribution < -0.4 is 5.73 Å². The zero-order valence-electron chi connectivity index (χ0n) is 10.2. The van der Waals surface area contributed by atoms with E-state index >= 15 is 0 Å². The summed E-state index contributed by atoms with van der Waals surface area (Å²) in [4.78, 5) is 5.13. The van der Waals surface area contributed by atoms with Gasteiger partial charge in [0.15, 0.2) is 0 Å². The number of likely N-dealkylation sites (tertiary alicyclic amines) is 1. The smallest absolute Gasteiger partial charge is 0.0772 e. The van der Waals surface area contributed by atoms with Crippen molar-refractivity contribution in [1.29, 1.82) is 0 Å². The van der Waals surface area contributed by atoms with Gasteiger partial charge >= 0.3 is 0 Å². The molecule has 1 fully saturated rings. The van der Waals surface area contributed by atoms with Gasteiger partial charge in [0.2, 0.25) is 0 Å². The summed E-state index contributed by atoms with van der Waals surface area (Å²) < 4.78 is 0. The lowest BCUT2D eigenvalue weighted by Gasteiger charge is -2.18. The van der Waals surface area contributed by atoms with E-state index < -0.39 is 0 Å². The van der Waals surface area contributed by atoms with Crippen LogP contribution in [0.5, 0.6) is 0 Å². The Kier molecular flexibility index (Phi) is 5.06. The lowest BCUT2D eigenvalue weighted by molar-refractivity contribution is 0.279. The van der Waals surface area contributed by atoms with Gasteiger partial charge in [-0.05, 0) is 38.1 Å². The molecule has 1 aliphatic heterocycles. The monoisotopic (exact) mass is 248 g/mol. The van der Waals surface area contributed by atoms with Gasteiger partial charge in [-0.1, -0.05) is 24.7 Å². The van der Waals surface area contributed by atoms with Crippen molar-refractivity contribution in [3.8, 4) is 11.8 Å². The van der Waals surface area contributed by atoms with Crippen LogP contribution in [0, 0.1) is 11.8 Å². The zero-order valence-corrected chi connectivity index (χ0v) is 11.1. The van der Waals surface area contributed by atoms with Gasteiger partial charge in [-0.25, -0.2) is 0 Å². The molecular weight excluding hydrogens is 228 g/mol. The average molecular weight is 248 g/mol. The third kappa shape index (κ3) is 4.16. The van der Waals surface area contributed by atoms with Gasteiger partial charge in [0, 0.05) is 11.4 Å². The standard InChI is InChI=1S/C14H20N2S/c15-9-5-6-13-7-8-14(17-13)12-16-10-3-1-2-4-11-16/h7-8H,1-4,9-12,15H2. The predicted molar refractivity (Wildman–Crippen MR) is 74.0 cm³/mol. The van der Waals surface area contributed by atoms with E-state index in [2.05, 4.69) is 28.9 Å². The Bertz CT molecular complexity index is 392. The fourth-order valence-corrected chi connectivity index (χ4v) is 3.11. The summed E-state index contributed by atoms with van der Waals surface area (Å²) in [6.45, 7) is 4.04. The molecule has 3 heteroatoms. The minimum atomic E-state index is 0.444. The van der Waals surface area contributed by atoms with Gasteiger partial charge in [-0.15, -0.1) is 11.3 Å². The molecule has 0 saturated carbocycles. The Morgan fingerprint density at radius 1 is 1.18 bits per heavy atom. The van der Waals surface area contributed by atoms with Gasteiger partial charge < -0.3 is 5.73 Å². The summed E-state index contributed by atoms with van der Waals surface area (Å²) in [5.41, 5.74) is 5.37. The van der Waals surface area contributed by atoms with E-state index in [-0.39, 0.29) is 0 Å². The Morgan fingerprint density at radius 3 is 2.65 bits per heavy atom. The molecule has 0 spiro atoms. The highest BCUT2D eigenvalue weighted by molar-refractivity contribution is 7.12. The van der Waals surface area contributed by atoms with Crippen LogP contribution in [0.4, 0.5) is 0 Å². The molecule has 1 aromatic rings. The maximum atomic E-state index is 5.37. The van der Waals surface area contributed by atoms with Crippen LogP contribution in [0.1, 0.15) is 35.4 Å². The molecule has 2 heterocycles. The van der Waals surface area contributed by atoms with E-state index in [9.17, 15) is 0 Å². The normalized spacial score (nSPS) is 17.2. The molecule has 0 atom stereocenters. The van der Waals surface area contributed by atoms with E-state index in [1.165, 1.54) is 43.6 Å². The number of nitrogens with two attached hydrogens (primary N) is 1. The first kappa shape index (κ1) is 12.6. The summed E-state index contributed by atoms with van der Waals surface area (Å²) >= 11 is 1.80. The first-order valence-corrected chi connectivity index (χ1v) is 7.20. The molecule has 0 radical (unpaired) electrons. The van der Waals surface area contributed by atoms with Crippen molar-refractivity contribution in [2.45, 2.75) is 32.2 Å². The van der Waals surface area contributed by atoms with Crippen molar-refractivity contribution in [2.75, 3.05) is 19.6 Å². The number of thiophene rings is 1. The van der Waals surface area contributed by atoms with E-state index in [4.69, 9.17) is 5.73 Å². The summed E-state index contributed by atoms with van der Waals surface area (Å²) in [6, 6.07) is 4.32. The highest BCUT2D eigenvalue weighted by atomic mass is 32.1. The van der Waals surface area contributed by atoms with E-state index in [1.807, 2.05) is 0 Å². The van der Waals surface area contributed by atoms with Crippen molar-refractivity contribution in [1.82, 2.24) is 4.90 Å². The van der Waals surface area contributed by atoms with Crippen LogP contribution in [0.2, 0.25) is 0 Å². The Hall–Kier alpha value is -0.820. The van der Waals surface area contributed by atoms with Crippen molar-refractivity contribution in [2.24, 2.45) is 5.73 Å². The molecular formula is C14H20N2S. The molecule has 2 N–H and O–H groups in total. The van der Waals surface area contributed by atoms with E-state index in [1.54, 1.807) is 11.3 Å². The Labute approximate surface area is 108 Å². The van der Waals surface area contributed by atoms with Crippen molar-refractivity contribution in [3.63, 3.8) is 0 Å². The minimum absolute atomic E-state index is 0.444. The number of hydrogen-bond donors (Lipinski definition) is 1. The van der Waals surface area contributed by atoms with E-state index in [0.717, 1.165) is 11.4 Å². The maximum Gasteiger partial charge on any atom is 0.0772 e. The van der Waals surface area contributed by atoms with Gasteiger partial charge in [-0.3, -0.25) is 4.90 Å². The molecule has 0 aromatic carbocycles. The summed E-state index contributed by atoms with van der Waals surface area (Å²) in [5.74, 6) is 6.01. The topological polar surface area (TPSA) is 29.3 Å². The summed E-state index contributed by atoms with van der Waals surface area (Å²) in [6.07, 6.45) is 5.50. The highest BCUT2D eigenvalue weighted by Crippen LogP contribution is 2.19. The minimum Gasteiger partial charge on any atom is -0.320 e. The van der Waals surface area contributed by atoms with Crippen LogP contribution >= 0.6 is 11.3 Å². The fourth-order valence-electron chi connectivity index (χ4n) is 2.18.